The second kappa shape index (κ2) is 4.28. The molecular weight excluding hydrogens is 186 g/mol. The van der Waals surface area contributed by atoms with Gasteiger partial charge in [-0.3, -0.25) is 0 Å². The van der Waals surface area contributed by atoms with Gasteiger partial charge in [-0.05, 0) is 37.1 Å². The van der Waals surface area contributed by atoms with E-state index in [-0.39, 0.29) is 6.04 Å². The molecule has 0 aliphatic heterocycles. The fourth-order valence-corrected chi connectivity index (χ4v) is 1.58. The lowest BCUT2D eigenvalue weighted by Crippen LogP contribution is -2.17. The molecule has 0 aliphatic carbocycles. The molecule has 0 radical (unpaired) electrons. The van der Waals surface area contributed by atoms with Crippen LogP contribution in [0.1, 0.15) is 12.5 Å². The van der Waals surface area contributed by atoms with Crippen LogP contribution in [0.3, 0.4) is 0 Å². The third-order valence-corrected chi connectivity index (χ3v) is 2.26. The summed E-state index contributed by atoms with van der Waals surface area (Å²) in [6.45, 7) is 2.02. The third kappa shape index (κ3) is 2.44. The Hall–Kier alpha value is -1.61. The van der Waals surface area contributed by atoms with Crippen molar-refractivity contribution in [3.63, 3.8) is 0 Å². The minimum atomic E-state index is 0.209. The van der Waals surface area contributed by atoms with Crippen LogP contribution in [0.25, 0.3) is 5.69 Å². The fraction of sp³-hybridized carbons (Fsp3) is 0.250. The Balaban J connectivity index is 2.17. The van der Waals surface area contributed by atoms with E-state index in [1.54, 1.807) is 6.20 Å². The van der Waals surface area contributed by atoms with E-state index >= 15 is 0 Å². The first-order chi connectivity index (χ1) is 7.25. The lowest BCUT2D eigenvalue weighted by molar-refractivity contribution is 0.737. The molecule has 0 bridgehead atoms. The van der Waals surface area contributed by atoms with Crippen LogP contribution in [0.5, 0.6) is 0 Å². The Bertz CT molecular complexity index is 401. The highest BCUT2D eigenvalue weighted by Gasteiger charge is 1.99. The monoisotopic (exact) mass is 201 g/mol. The van der Waals surface area contributed by atoms with Crippen molar-refractivity contribution >= 4 is 0 Å². The molecule has 2 aromatic rings. The van der Waals surface area contributed by atoms with E-state index in [1.165, 1.54) is 5.56 Å². The molecule has 0 aliphatic rings. The average molecular weight is 201 g/mol. The second-order valence-corrected chi connectivity index (χ2v) is 3.80. The van der Waals surface area contributed by atoms with Crippen LogP contribution < -0.4 is 5.73 Å². The number of benzene rings is 1. The van der Waals surface area contributed by atoms with Gasteiger partial charge in [-0.15, -0.1) is 0 Å². The third-order valence-electron chi connectivity index (χ3n) is 2.26. The molecule has 2 N–H and O–H groups in total. The van der Waals surface area contributed by atoms with Crippen molar-refractivity contribution in [3.8, 4) is 5.69 Å². The molecule has 3 nitrogen and oxygen atoms in total. The first-order valence-electron chi connectivity index (χ1n) is 5.10. The highest BCUT2D eigenvalue weighted by Crippen LogP contribution is 2.09. The van der Waals surface area contributed by atoms with E-state index in [9.17, 15) is 0 Å². The molecule has 0 saturated carbocycles. The summed E-state index contributed by atoms with van der Waals surface area (Å²) in [6, 6.07) is 10.4. The van der Waals surface area contributed by atoms with Crippen molar-refractivity contribution in [2.45, 2.75) is 19.4 Å². The van der Waals surface area contributed by atoms with Gasteiger partial charge in [0.25, 0.3) is 0 Å². The molecule has 0 unspecified atom stereocenters. The first-order valence-corrected chi connectivity index (χ1v) is 5.10. The van der Waals surface area contributed by atoms with Gasteiger partial charge in [0.15, 0.2) is 0 Å². The molecular formula is C12H15N3. The molecule has 1 aromatic heterocycles. The van der Waals surface area contributed by atoms with Crippen LogP contribution in [0.4, 0.5) is 0 Å². The van der Waals surface area contributed by atoms with Gasteiger partial charge in [-0.2, -0.15) is 5.10 Å². The van der Waals surface area contributed by atoms with Gasteiger partial charge in [-0.1, -0.05) is 12.1 Å². The molecule has 0 amide bonds. The number of nitrogens with two attached hydrogens (primary N) is 1. The van der Waals surface area contributed by atoms with Crippen molar-refractivity contribution in [2.75, 3.05) is 0 Å². The molecule has 78 valence electrons. The van der Waals surface area contributed by atoms with Crippen molar-refractivity contribution in [1.29, 1.82) is 0 Å². The number of nitrogens with zero attached hydrogens (tertiary/aromatic N) is 2. The Kier molecular flexibility index (Phi) is 2.83. The summed E-state index contributed by atoms with van der Waals surface area (Å²) in [5.41, 5.74) is 8.08. The van der Waals surface area contributed by atoms with E-state index in [0.29, 0.717) is 0 Å². The van der Waals surface area contributed by atoms with Gasteiger partial charge < -0.3 is 5.73 Å². The van der Waals surface area contributed by atoms with E-state index < -0.39 is 0 Å². The summed E-state index contributed by atoms with van der Waals surface area (Å²) >= 11 is 0. The SMILES string of the molecule is C[C@H](N)Cc1ccc(-n2cccn2)cc1. The predicted molar refractivity (Wildman–Crippen MR) is 60.9 cm³/mol. The number of aromatic nitrogens is 2. The van der Waals surface area contributed by atoms with E-state index in [1.807, 2.05) is 23.9 Å². The van der Waals surface area contributed by atoms with Gasteiger partial charge in [0.05, 0.1) is 5.69 Å². The maximum Gasteiger partial charge on any atom is 0.0645 e. The summed E-state index contributed by atoms with van der Waals surface area (Å²) in [5.74, 6) is 0. The Morgan fingerprint density at radius 3 is 2.60 bits per heavy atom. The fourth-order valence-electron chi connectivity index (χ4n) is 1.58. The van der Waals surface area contributed by atoms with Crippen LogP contribution in [-0.2, 0) is 6.42 Å². The highest BCUT2D eigenvalue weighted by molar-refractivity contribution is 5.33. The zero-order valence-corrected chi connectivity index (χ0v) is 8.80. The molecule has 15 heavy (non-hydrogen) atoms. The summed E-state index contributed by atoms with van der Waals surface area (Å²) in [5, 5.41) is 4.17. The molecule has 3 heteroatoms. The minimum absolute atomic E-state index is 0.209. The zero-order chi connectivity index (χ0) is 10.7. The minimum Gasteiger partial charge on any atom is -0.328 e. The maximum atomic E-state index is 5.74. The summed E-state index contributed by atoms with van der Waals surface area (Å²) in [4.78, 5) is 0. The largest absolute Gasteiger partial charge is 0.328 e. The highest BCUT2D eigenvalue weighted by atomic mass is 15.3. The maximum absolute atomic E-state index is 5.74. The lowest BCUT2D eigenvalue weighted by Gasteiger charge is -2.06. The number of rotatable bonds is 3. The standard InChI is InChI=1S/C12H15N3/c1-10(13)9-11-3-5-12(6-4-11)15-8-2-7-14-15/h2-8,10H,9,13H2,1H3/t10-/m0/s1. The zero-order valence-electron chi connectivity index (χ0n) is 8.80. The average Bonchev–Trinajstić information content (AvgIpc) is 2.71. The summed E-state index contributed by atoms with van der Waals surface area (Å²) in [6.07, 6.45) is 4.62. The van der Waals surface area contributed by atoms with Gasteiger partial charge in [0.1, 0.15) is 0 Å². The number of hydrogen-bond acceptors (Lipinski definition) is 2. The van der Waals surface area contributed by atoms with E-state index in [0.717, 1.165) is 12.1 Å². The van der Waals surface area contributed by atoms with Gasteiger partial charge in [-0.25, -0.2) is 4.68 Å². The van der Waals surface area contributed by atoms with Crippen molar-refractivity contribution < 1.29 is 0 Å². The van der Waals surface area contributed by atoms with Crippen LogP contribution in [0, 0.1) is 0 Å². The molecule has 1 heterocycles. The van der Waals surface area contributed by atoms with Gasteiger partial charge in [0.2, 0.25) is 0 Å². The second-order valence-electron chi connectivity index (χ2n) is 3.80. The van der Waals surface area contributed by atoms with Crippen LogP contribution in [0.15, 0.2) is 42.7 Å². The quantitative estimate of drug-likeness (QED) is 0.822. The normalized spacial score (nSPS) is 12.7. The Labute approximate surface area is 89.5 Å². The Morgan fingerprint density at radius 1 is 1.33 bits per heavy atom. The molecule has 1 aromatic carbocycles. The van der Waals surface area contributed by atoms with E-state index in [2.05, 4.69) is 29.4 Å². The molecule has 2 rings (SSSR count). The van der Waals surface area contributed by atoms with Crippen molar-refractivity contribution in [3.05, 3.63) is 48.3 Å². The molecule has 0 spiro atoms. The van der Waals surface area contributed by atoms with Crippen molar-refractivity contribution in [2.24, 2.45) is 5.73 Å². The van der Waals surface area contributed by atoms with Crippen LogP contribution >= 0.6 is 0 Å². The lowest BCUT2D eigenvalue weighted by atomic mass is 10.1. The number of hydrogen-bond donors (Lipinski definition) is 1. The molecule has 0 saturated heterocycles. The summed E-state index contributed by atoms with van der Waals surface area (Å²) in [7, 11) is 0. The van der Waals surface area contributed by atoms with Crippen LogP contribution in [0.2, 0.25) is 0 Å². The predicted octanol–water partition coefficient (Wildman–Crippen LogP) is 1.76. The molecule has 1 atom stereocenters. The van der Waals surface area contributed by atoms with Crippen LogP contribution in [-0.4, -0.2) is 15.8 Å². The topological polar surface area (TPSA) is 43.8 Å². The first kappa shape index (κ1) is 9.93. The molecule has 0 fully saturated rings. The van der Waals surface area contributed by atoms with Crippen molar-refractivity contribution in [1.82, 2.24) is 9.78 Å². The smallest absolute Gasteiger partial charge is 0.0645 e. The summed E-state index contributed by atoms with van der Waals surface area (Å²) < 4.78 is 1.84. The Morgan fingerprint density at radius 2 is 2.07 bits per heavy atom. The van der Waals surface area contributed by atoms with Gasteiger partial charge >= 0.3 is 0 Å². The van der Waals surface area contributed by atoms with E-state index in [4.69, 9.17) is 5.73 Å². The van der Waals surface area contributed by atoms with Gasteiger partial charge in [0, 0.05) is 18.4 Å².